The molecular formula is C14H21BrN2O2. The molecule has 0 heterocycles. The van der Waals surface area contributed by atoms with Gasteiger partial charge in [0.05, 0.1) is 0 Å². The van der Waals surface area contributed by atoms with Crippen LogP contribution in [0.3, 0.4) is 0 Å². The zero-order valence-electron chi connectivity index (χ0n) is 11.6. The Morgan fingerprint density at radius 1 is 1.42 bits per heavy atom. The third kappa shape index (κ3) is 4.21. The van der Waals surface area contributed by atoms with Crippen LogP contribution in [-0.2, 0) is 11.3 Å². The molecule has 0 aliphatic rings. The van der Waals surface area contributed by atoms with Crippen molar-refractivity contribution in [3.05, 3.63) is 28.2 Å². The van der Waals surface area contributed by atoms with E-state index in [0.717, 1.165) is 10.0 Å². The molecule has 5 heteroatoms. The average Bonchev–Trinajstić information content (AvgIpc) is 2.41. The van der Waals surface area contributed by atoms with Gasteiger partial charge in [-0.2, -0.15) is 0 Å². The van der Waals surface area contributed by atoms with Crippen molar-refractivity contribution in [3.8, 4) is 5.75 Å². The molecule has 1 unspecified atom stereocenters. The van der Waals surface area contributed by atoms with E-state index in [1.807, 2.05) is 32.0 Å². The van der Waals surface area contributed by atoms with Gasteiger partial charge in [-0.1, -0.05) is 15.9 Å². The second kappa shape index (κ2) is 7.50. The van der Waals surface area contributed by atoms with Crippen molar-refractivity contribution >= 4 is 21.8 Å². The number of nitrogens with zero attached hydrogens (tertiary/aromatic N) is 1. The van der Waals surface area contributed by atoms with Gasteiger partial charge in [0.1, 0.15) is 5.75 Å². The number of benzene rings is 1. The Morgan fingerprint density at radius 3 is 2.58 bits per heavy atom. The number of halogens is 1. The van der Waals surface area contributed by atoms with E-state index in [0.29, 0.717) is 25.4 Å². The summed E-state index contributed by atoms with van der Waals surface area (Å²) in [6.07, 6.45) is -0.508. The molecule has 4 nitrogen and oxygen atoms in total. The summed E-state index contributed by atoms with van der Waals surface area (Å²) in [6.45, 7) is 7.43. The van der Waals surface area contributed by atoms with Crippen LogP contribution < -0.4 is 10.5 Å². The number of hydrogen-bond donors (Lipinski definition) is 1. The Balaban J connectivity index is 2.81. The summed E-state index contributed by atoms with van der Waals surface area (Å²) >= 11 is 3.39. The van der Waals surface area contributed by atoms with Crippen LogP contribution in [0.25, 0.3) is 0 Å². The number of nitrogens with two attached hydrogens (primary N) is 1. The third-order valence-electron chi connectivity index (χ3n) is 2.97. The van der Waals surface area contributed by atoms with Gasteiger partial charge in [0.25, 0.3) is 5.91 Å². The topological polar surface area (TPSA) is 55.6 Å². The molecule has 1 amide bonds. The van der Waals surface area contributed by atoms with Gasteiger partial charge in [-0.05, 0) is 39.0 Å². The van der Waals surface area contributed by atoms with Gasteiger partial charge < -0.3 is 15.4 Å². The van der Waals surface area contributed by atoms with Crippen LogP contribution in [0.4, 0.5) is 0 Å². The Morgan fingerprint density at radius 2 is 2.05 bits per heavy atom. The summed E-state index contributed by atoms with van der Waals surface area (Å²) < 4.78 is 6.69. The molecule has 0 saturated heterocycles. The Kier molecular flexibility index (Phi) is 6.31. The molecular weight excluding hydrogens is 308 g/mol. The summed E-state index contributed by atoms with van der Waals surface area (Å²) in [5, 5.41) is 0. The van der Waals surface area contributed by atoms with Crippen LogP contribution in [0.2, 0.25) is 0 Å². The molecule has 0 fully saturated rings. The Bertz CT molecular complexity index is 433. The number of rotatable bonds is 6. The molecule has 0 aliphatic carbocycles. The lowest BCUT2D eigenvalue weighted by Crippen LogP contribution is -2.40. The SMILES string of the molecule is CCN(CC)C(=O)C(C)Oc1ccc(Br)cc1CN. The van der Waals surface area contributed by atoms with Crippen LogP contribution in [0.5, 0.6) is 5.75 Å². The molecule has 1 rings (SSSR count). The average molecular weight is 329 g/mol. The van der Waals surface area contributed by atoms with E-state index < -0.39 is 6.10 Å². The molecule has 0 saturated carbocycles. The lowest BCUT2D eigenvalue weighted by Gasteiger charge is -2.24. The Hall–Kier alpha value is -1.07. The summed E-state index contributed by atoms with van der Waals surface area (Å²) in [4.78, 5) is 13.9. The first kappa shape index (κ1) is 16.0. The van der Waals surface area contributed by atoms with E-state index in [2.05, 4.69) is 15.9 Å². The van der Waals surface area contributed by atoms with E-state index in [4.69, 9.17) is 10.5 Å². The van der Waals surface area contributed by atoms with Crippen LogP contribution >= 0.6 is 15.9 Å². The first-order chi connectivity index (χ1) is 9.03. The lowest BCUT2D eigenvalue weighted by molar-refractivity contribution is -0.137. The van der Waals surface area contributed by atoms with Gasteiger partial charge in [-0.3, -0.25) is 4.79 Å². The fourth-order valence-electron chi connectivity index (χ4n) is 1.86. The molecule has 1 atom stereocenters. The fourth-order valence-corrected chi connectivity index (χ4v) is 2.26. The normalized spacial score (nSPS) is 12.1. The van der Waals surface area contributed by atoms with Gasteiger partial charge in [-0.25, -0.2) is 0 Å². The highest BCUT2D eigenvalue weighted by atomic mass is 79.9. The van der Waals surface area contributed by atoms with Crippen LogP contribution in [0.15, 0.2) is 22.7 Å². The van der Waals surface area contributed by atoms with Gasteiger partial charge >= 0.3 is 0 Å². The maximum absolute atomic E-state index is 12.1. The minimum atomic E-state index is -0.508. The minimum Gasteiger partial charge on any atom is -0.481 e. The first-order valence-electron chi connectivity index (χ1n) is 6.47. The molecule has 106 valence electrons. The molecule has 0 aromatic heterocycles. The van der Waals surface area contributed by atoms with Gasteiger partial charge in [0, 0.05) is 29.7 Å². The molecule has 2 N–H and O–H groups in total. The van der Waals surface area contributed by atoms with Gasteiger partial charge in [0.2, 0.25) is 0 Å². The van der Waals surface area contributed by atoms with E-state index in [9.17, 15) is 4.79 Å². The smallest absolute Gasteiger partial charge is 0.263 e. The maximum Gasteiger partial charge on any atom is 0.263 e. The van der Waals surface area contributed by atoms with Crippen molar-refractivity contribution in [1.29, 1.82) is 0 Å². The second-order valence-corrected chi connectivity index (χ2v) is 5.14. The number of ether oxygens (including phenoxy) is 1. The summed E-state index contributed by atoms with van der Waals surface area (Å²) in [5.41, 5.74) is 6.57. The summed E-state index contributed by atoms with van der Waals surface area (Å²) in [6, 6.07) is 5.62. The largest absolute Gasteiger partial charge is 0.481 e. The highest BCUT2D eigenvalue weighted by Crippen LogP contribution is 2.24. The van der Waals surface area contributed by atoms with Gasteiger partial charge in [0.15, 0.2) is 6.10 Å². The van der Waals surface area contributed by atoms with E-state index in [-0.39, 0.29) is 5.91 Å². The van der Waals surface area contributed by atoms with Crippen molar-refractivity contribution in [2.24, 2.45) is 5.73 Å². The number of amides is 1. The highest BCUT2D eigenvalue weighted by Gasteiger charge is 2.20. The highest BCUT2D eigenvalue weighted by molar-refractivity contribution is 9.10. The van der Waals surface area contributed by atoms with Gasteiger partial charge in [-0.15, -0.1) is 0 Å². The third-order valence-corrected chi connectivity index (χ3v) is 3.46. The number of carbonyl (C=O) groups excluding carboxylic acids is 1. The summed E-state index contributed by atoms with van der Waals surface area (Å²) in [5.74, 6) is 0.662. The van der Waals surface area contributed by atoms with Crippen LogP contribution in [0, 0.1) is 0 Å². The standard InChI is InChI=1S/C14H21BrN2O2/c1-4-17(5-2)14(18)10(3)19-13-7-6-12(15)8-11(13)9-16/h6-8,10H,4-5,9,16H2,1-3H3. The summed E-state index contributed by atoms with van der Waals surface area (Å²) in [7, 11) is 0. The van der Waals surface area contributed by atoms with Crippen LogP contribution in [0.1, 0.15) is 26.3 Å². The van der Waals surface area contributed by atoms with Crippen molar-refractivity contribution < 1.29 is 9.53 Å². The number of hydrogen-bond acceptors (Lipinski definition) is 3. The monoisotopic (exact) mass is 328 g/mol. The van der Waals surface area contributed by atoms with Crippen molar-refractivity contribution in [2.45, 2.75) is 33.4 Å². The predicted molar refractivity (Wildman–Crippen MR) is 80.1 cm³/mol. The molecule has 0 aliphatic heterocycles. The molecule has 19 heavy (non-hydrogen) atoms. The lowest BCUT2D eigenvalue weighted by atomic mass is 10.2. The maximum atomic E-state index is 12.1. The zero-order valence-corrected chi connectivity index (χ0v) is 13.2. The molecule has 0 spiro atoms. The van der Waals surface area contributed by atoms with E-state index >= 15 is 0 Å². The molecule has 0 bridgehead atoms. The predicted octanol–water partition coefficient (Wildman–Crippen LogP) is 2.54. The first-order valence-corrected chi connectivity index (χ1v) is 7.26. The molecule has 0 radical (unpaired) electrons. The number of likely N-dealkylation sites (N-methyl/N-ethyl adjacent to an activating group) is 1. The van der Waals surface area contributed by atoms with Crippen molar-refractivity contribution in [2.75, 3.05) is 13.1 Å². The minimum absolute atomic E-state index is 0.00381. The Labute approximate surface area is 123 Å². The molecule has 1 aromatic carbocycles. The van der Waals surface area contributed by atoms with Crippen molar-refractivity contribution in [3.63, 3.8) is 0 Å². The number of carbonyl (C=O) groups is 1. The molecule has 1 aromatic rings. The second-order valence-electron chi connectivity index (χ2n) is 4.23. The zero-order chi connectivity index (χ0) is 14.4. The quantitative estimate of drug-likeness (QED) is 0.873. The van der Waals surface area contributed by atoms with E-state index in [1.54, 1.807) is 11.8 Å². The van der Waals surface area contributed by atoms with Crippen molar-refractivity contribution in [1.82, 2.24) is 4.90 Å². The van der Waals surface area contributed by atoms with E-state index in [1.165, 1.54) is 0 Å². The fraction of sp³-hybridized carbons (Fsp3) is 0.500. The van der Waals surface area contributed by atoms with Crippen LogP contribution in [-0.4, -0.2) is 30.0 Å².